The van der Waals surface area contributed by atoms with E-state index in [1.807, 2.05) is 26.0 Å². The molecular weight excluding hydrogens is 578 g/mol. The second-order valence-electron chi connectivity index (χ2n) is 10.3. The van der Waals surface area contributed by atoms with Gasteiger partial charge in [-0.3, -0.25) is 14.5 Å². The van der Waals surface area contributed by atoms with Crippen molar-refractivity contribution in [2.24, 2.45) is 11.1 Å². The van der Waals surface area contributed by atoms with E-state index in [1.165, 1.54) is 23.1 Å². The molecule has 9 nitrogen and oxygen atoms in total. The fraction of sp³-hybridized carbons (Fsp3) is 0.241. The molecule has 0 spiro atoms. The molecule has 0 fully saturated rings. The lowest BCUT2D eigenvalue weighted by Gasteiger charge is -2.42. The minimum absolute atomic E-state index is 0.0389. The summed E-state index contributed by atoms with van der Waals surface area (Å²) in [5, 5.41) is 31.7. The molecule has 1 unspecified atom stereocenters. The van der Waals surface area contributed by atoms with Crippen molar-refractivity contribution in [1.29, 1.82) is 10.5 Å². The van der Waals surface area contributed by atoms with E-state index in [2.05, 4.69) is 27.7 Å². The monoisotopic (exact) mass is 601 g/mol. The van der Waals surface area contributed by atoms with Crippen LogP contribution < -0.4 is 16.0 Å². The number of benzene rings is 2. The van der Waals surface area contributed by atoms with Gasteiger partial charge >= 0.3 is 0 Å². The number of hydrogen-bond donors (Lipinski definition) is 2. The fourth-order valence-corrected chi connectivity index (χ4v) is 7.03. The van der Waals surface area contributed by atoms with Crippen molar-refractivity contribution in [2.75, 3.05) is 16.0 Å². The number of allylic oxidation sites excluding steroid dienone is 3. The third-order valence-corrected chi connectivity index (χ3v) is 9.22. The first-order valence-electron chi connectivity index (χ1n) is 12.6. The van der Waals surface area contributed by atoms with E-state index in [4.69, 9.17) is 17.3 Å². The van der Waals surface area contributed by atoms with Crippen molar-refractivity contribution < 1.29 is 9.59 Å². The molecule has 1 aromatic heterocycles. The van der Waals surface area contributed by atoms with Crippen LogP contribution >= 0.6 is 34.7 Å². The maximum absolute atomic E-state index is 13.7. The van der Waals surface area contributed by atoms with Gasteiger partial charge in [-0.2, -0.15) is 10.5 Å². The largest absolute Gasteiger partial charge is 0.384 e. The van der Waals surface area contributed by atoms with Gasteiger partial charge in [-0.05, 0) is 35.6 Å². The van der Waals surface area contributed by atoms with Gasteiger partial charge in [0.15, 0.2) is 10.1 Å². The topological polar surface area (TPSA) is 149 Å². The number of halogens is 1. The number of carbonyl (C=O) groups is 2. The van der Waals surface area contributed by atoms with Gasteiger partial charge in [0.1, 0.15) is 11.9 Å². The number of amides is 1. The molecule has 0 bridgehead atoms. The predicted molar refractivity (Wildman–Crippen MR) is 159 cm³/mol. The van der Waals surface area contributed by atoms with Gasteiger partial charge in [0.2, 0.25) is 11.0 Å². The number of Topliss-reactive ketones (excluding diaryl/α,β-unsaturated/α-hetero) is 1. The third-order valence-electron chi connectivity index (χ3n) is 6.83. The number of rotatable bonds is 6. The first-order valence-corrected chi connectivity index (χ1v) is 14.8. The molecule has 2 aromatic carbocycles. The first kappa shape index (κ1) is 28.4. The van der Waals surface area contributed by atoms with Crippen molar-refractivity contribution in [3.63, 3.8) is 0 Å². The van der Waals surface area contributed by atoms with E-state index >= 15 is 0 Å². The molecule has 41 heavy (non-hydrogen) atoms. The number of ketones is 1. The van der Waals surface area contributed by atoms with Gasteiger partial charge in [-0.25, -0.2) is 0 Å². The van der Waals surface area contributed by atoms with E-state index in [9.17, 15) is 20.1 Å². The summed E-state index contributed by atoms with van der Waals surface area (Å²) in [6, 6.07) is 18.2. The van der Waals surface area contributed by atoms with Crippen LogP contribution in [0.5, 0.6) is 0 Å². The molecule has 2 heterocycles. The normalized spacial score (nSPS) is 18.0. The maximum Gasteiger partial charge on any atom is 0.234 e. The Morgan fingerprint density at radius 1 is 1.17 bits per heavy atom. The Bertz CT molecular complexity index is 1710. The summed E-state index contributed by atoms with van der Waals surface area (Å²) in [7, 11) is 0. The summed E-state index contributed by atoms with van der Waals surface area (Å²) in [4.78, 5) is 27.9. The summed E-state index contributed by atoms with van der Waals surface area (Å²) in [5.41, 5.74) is 9.15. The quantitative estimate of drug-likeness (QED) is 0.337. The van der Waals surface area contributed by atoms with Gasteiger partial charge in [0.05, 0.1) is 34.6 Å². The van der Waals surface area contributed by atoms with E-state index in [0.29, 0.717) is 55.4 Å². The molecule has 1 amide bonds. The standard InChI is InChI=1S/C29H24ClN7O2S2/c1-29(2)11-21-25(22(38)12-29)24(17-8-4-5-9-19(17)30)18(14-32)26(33)37(21)27-35-36-28(41-27)40-15-23(39)34-20-10-6-3-7-16(20)13-31/h3-10,24H,11-12,15,33H2,1-2H3,(H,34,39). The molecule has 0 saturated carbocycles. The zero-order chi connectivity index (χ0) is 29.3. The summed E-state index contributed by atoms with van der Waals surface area (Å²) in [5.74, 6) is -0.854. The van der Waals surface area contributed by atoms with Crippen molar-refractivity contribution in [3.05, 3.63) is 87.3 Å². The first-order chi connectivity index (χ1) is 19.6. The summed E-state index contributed by atoms with van der Waals surface area (Å²) in [6.07, 6.45) is 0.845. The molecule has 5 rings (SSSR count). The summed E-state index contributed by atoms with van der Waals surface area (Å²) < 4.78 is 0.506. The molecular formula is C29H24ClN7O2S2. The molecule has 2 aliphatic rings. The van der Waals surface area contributed by atoms with Crippen LogP contribution in [0, 0.1) is 28.1 Å². The van der Waals surface area contributed by atoms with Crippen LogP contribution in [0.1, 0.15) is 43.7 Å². The molecule has 206 valence electrons. The minimum Gasteiger partial charge on any atom is -0.384 e. The number of nitriles is 2. The Morgan fingerprint density at radius 2 is 1.90 bits per heavy atom. The van der Waals surface area contributed by atoms with Crippen molar-refractivity contribution in [1.82, 2.24) is 10.2 Å². The number of thioether (sulfide) groups is 1. The predicted octanol–water partition coefficient (Wildman–Crippen LogP) is 5.73. The third kappa shape index (κ3) is 5.57. The SMILES string of the molecule is CC1(C)CC(=O)C2=C(C1)N(c1nnc(SCC(=O)Nc3ccccc3C#N)s1)C(N)=C(C#N)C2c1ccccc1Cl. The average molecular weight is 602 g/mol. The molecule has 1 atom stereocenters. The fourth-order valence-electron chi connectivity index (χ4n) is 5.10. The molecule has 3 aromatic rings. The summed E-state index contributed by atoms with van der Waals surface area (Å²) in [6.45, 7) is 4.03. The summed E-state index contributed by atoms with van der Waals surface area (Å²) >= 11 is 8.95. The van der Waals surface area contributed by atoms with Gasteiger partial charge in [-0.1, -0.05) is 78.9 Å². The number of aromatic nitrogens is 2. The van der Waals surface area contributed by atoms with Crippen molar-refractivity contribution >= 4 is 57.2 Å². The smallest absolute Gasteiger partial charge is 0.234 e. The van der Waals surface area contributed by atoms with Crippen LogP contribution in [0.2, 0.25) is 5.02 Å². The lowest BCUT2D eigenvalue weighted by atomic mass is 9.68. The number of para-hydroxylation sites is 1. The lowest BCUT2D eigenvalue weighted by Crippen LogP contribution is -2.42. The van der Waals surface area contributed by atoms with Crippen LogP contribution in [0.25, 0.3) is 0 Å². The van der Waals surface area contributed by atoms with Crippen LogP contribution in [-0.2, 0) is 9.59 Å². The van der Waals surface area contributed by atoms with Crippen LogP contribution in [-0.4, -0.2) is 27.6 Å². The highest BCUT2D eigenvalue weighted by atomic mass is 35.5. The van der Waals surface area contributed by atoms with Crippen molar-refractivity contribution in [3.8, 4) is 12.1 Å². The molecule has 3 N–H and O–H groups in total. The number of nitrogens with zero attached hydrogens (tertiary/aromatic N) is 5. The van der Waals surface area contributed by atoms with E-state index < -0.39 is 5.92 Å². The highest BCUT2D eigenvalue weighted by molar-refractivity contribution is 8.01. The Balaban J connectivity index is 1.47. The highest BCUT2D eigenvalue weighted by Gasteiger charge is 2.45. The lowest BCUT2D eigenvalue weighted by molar-refractivity contribution is -0.118. The molecule has 1 aliphatic heterocycles. The van der Waals surface area contributed by atoms with Crippen LogP contribution in [0.15, 0.2) is 75.5 Å². The van der Waals surface area contributed by atoms with E-state index in [0.717, 1.165) is 0 Å². The molecule has 0 radical (unpaired) electrons. The molecule has 0 saturated heterocycles. The highest BCUT2D eigenvalue weighted by Crippen LogP contribution is 2.51. The Kier molecular flexibility index (Phi) is 7.87. The van der Waals surface area contributed by atoms with Crippen LogP contribution in [0.4, 0.5) is 10.8 Å². The second-order valence-corrected chi connectivity index (χ2v) is 12.9. The zero-order valence-electron chi connectivity index (χ0n) is 22.1. The van der Waals surface area contributed by atoms with Gasteiger partial charge in [-0.15, -0.1) is 10.2 Å². The van der Waals surface area contributed by atoms with Crippen molar-refractivity contribution in [2.45, 2.75) is 36.9 Å². The number of hydrogen-bond acceptors (Lipinski definition) is 10. The minimum atomic E-state index is -0.690. The second kappa shape index (κ2) is 11.4. The number of nitrogens with one attached hydrogen (secondary N) is 1. The Hall–Kier alpha value is -4.16. The zero-order valence-corrected chi connectivity index (χ0v) is 24.5. The Labute approximate surface area is 250 Å². The van der Waals surface area contributed by atoms with E-state index in [1.54, 1.807) is 41.3 Å². The maximum atomic E-state index is 13.7. The number of nitrogens with two attached hydrogens (primary N) is 1. The van der Waals surface area contributed by atoms with Crippen LogP contribution in [0.3, 0.4) is 0 Å². The van der Waals surface area contributed by atoms with Gasteiger partial charge in [0.25, 0.3) is 0 Å². The molecule has 12 heteroatoms. The van der Waals surface area contributed by atoms with Gasteiger partial charge < -0.3 is 11.1 Å². The van der Waals surface area contributed by atoms with Gasteiger partial charge in [0, 0.05) is 22.7 Å². The average Bonchev–Trinajstić information content (AvgIpc) is 3.40. The molecule has 1 aliphatic carbocycles. The van der Waals surface area contributed by atoms with E-state index in [-0.39, 0.29) is 34.3 Å². The number of anilines is 2. The number of carbonyl (C=O) groups excluding carboxylic acids is 2. The Morgan fingerprint density at radius 3 is 2.63 bits per heavy atom.